The third-order valence-corrected chi connectivity index (χ3v) is 7.27. The summed E-state index contributed by atoms with van der Waals surface area (Å²) in [5.74, 6) is 11.0. The number of halogens is 3. The summed E-state index contributed by atoms with van der Waals surface area (Å²) < 4.78 is 4.25. The zero-order valence-corrected chi connectivity index (χ0v) is 26.8. The van der Waals surface area contributed by atoms with Gasteiger partial charge in [-0.15, -0.1) is 0 Å². The second-order valence-electron chi connectivity index (χ2n) is 9.75. The molecule has 0 spiro atoms. The molecule has 0 saturated carbocycles. The summed E-state index contributed by atoms with van der Waals surface area (Å²) in [5.41, 5.74) is 2.55. The second kappa shape index (κ2) is 17.4. The quantitative estimate of drug-likeness (QED) is 0.0489. The van der Waals surface area contributed by atoms with E-state index in [0.717, 1.165) is 6.42 Å². The van der Waals surface area contributed by atoms with Crippen LogP contribution in [-0.2, 0) is 19.1 Å². The van der Waals surface area contributed by atoms with Gasteiger partial charge in [0.05, 0.1) is 28.1 Å². The number of fused-ring (bicyclic) bond motifs is 4. The second-order valence-corrected chi connectivity index (χ2v) is 11.0. The molecule has 3 aromatic rings. The molecule has 0 unspecified atom stereocenters. The summed E-state index contributed by atoms with van der Waals surface area (Å²) in [6.45, 7) is 0. The Bertz CT molecular complexity index is 1560. The van der Waals surface area contributed by atoms with E-state index in [0.29, 0.717) is 70.4 Å². The van der Waals surface area contributed by atoms with Gasteiger partial charge in [0.25, 0.3) is 0 Å². The Morgan fingerprint density at radius 3 is 2.64 bits per heavy atom. The first kappa shape index (κ1) is 35.3. The maximum Gasteiger partial charge on any atom is 0.244 e. The molecule has 0 radical (unpaired) electrons. The molecule has 8 N–H and O–H groups in total. The molecule has 0 fully saturated rings. The molecule has 0 saturated heterocycles. The van der Waals surface area contributed by atoms with E-state index in [9.17, 15) is 14.4 Å². The number of nitrogens with one attached hydrogen (secondary N) is 4. The lowest BCUT2D eigenvalue weighted by Gasteiger charge is -2.17. The third kappa shape index (κ3) is 9.93. The van der Waals surface area contributed by atoms with Crippen LogP contribution < -0.4 is 32.6 Å². The third-order valence-electron chi connectivity index (χ3n) is 6.45. The van der Waals surface area contributed by atoms with Gasteiger partial charge in [0.2, 0.25) is 18.2 Å². The lowest BCUT2D eigenvalue weighted by Crippen LogP contribution is -2.30. The molecular formula is C29H34Cl3N9O4. The van der Waals surface area contributed by atoms with E-state index in [2.05, 4.69) is 35.8 Å². The van der Waals surface area contributed by atoms with Crippen molar-refractivity contribution >= 4 is 82.5 Å². The number of rotatable bonds is 7. The number of carbonyl (C=O) groups excluding carboxylic acids is 3. The smallest absolute Gasteiger partial charge is 0.244 e. The number of anilines is 3. The number of hydrogen-bond acceptors (Lipinski definition) is 8. The topological polar surface area (TPSA) is 193 Å². The predicted octanol–water partition coefficient (Wildman–Crippen LogP) is 5.22. The number of ether oxygens (including phenoxy) is 1. The van der Waals surface area contributed by atoms with Gasteiger partial charge in [-0.1, -0.05) is 47.6 Å². The van der Waals surface area contributed by atoms with Crippen molar-refractivity contribution < 1.29 is 19.1 Å². The van der Waals surface area contributed by atoms with Crippen LogP contribution in [0.4, 0.5) is 17.1 Å². The van der Waals surface area contributed by atoms with Gasteiger partial charge in [0.1, 0.15) is 23.0 Å². The SMILES string of the molecule is COC.N/N=C\N(N)c1ccc(Cl)cc1/C=C/C(=O)N[C@H]1CCCCCC(=O)Nc2cc(NC=O)c(Cl)cc2-c2nc1[nH]c2Cl. The van der Waals surface area contributed by atoms with E-state index in [1.165, 1.54) is 17.4 Å². The van der Waals surface area contributed by atoms with E-state index >= 15 is 0 Å². The normalized spacial score (nSPS) is 15.1. The van der Waals surface area contributed by atoms with Crippen LogP contribution in [0.5, 0.6) is 0 Å². The molecule has 45 heavy (non-hydrogen) atoms. The fraction of sp³-hybridized carbons (Fsp3) is 0.276. The Labute approximate surface area is 275 Å². The molecule has 3 amide bonds. The van der Waals surface area contributed by atoms with Crippen LogP contribution in [0.3, 0.4) is 0 Å². The summed E-state index contributed by atoms with van der Waals surface area (Å²) in [5, 5.41) is 13.9. The molecule has 2 heterocycles. The molecule has 4 rings (SSSR count). The van der Waals surface area contributed by atoms with Crippen molar-refractivity contribution in [3.8, 4) is 11.3 Å². The fourth-order valence-corrected chi connectivity index (χ4v) is 5.11. The molecule has 1 aliphatic rings. The fourth-order valence-electron chi connectivity index (χ4n) is 4.47. The minimum atomic E-state index is -0.526. The van der Waals surface area contributed by atoms with Crippen LogP contribution in [0.1, 0.15) is 49.5 Å². The number of methoxy groups -OCH3 is 1. The van der Waals surface area contributed by atoms with Crippen molar-refractivity contribution in [1.29, 1.82) is 0 Å². The zero-order valence-electron chi connectivity index (χ0n) is 24.6. The number of nitrogens with two attached hydrogens (primary N) is 2. The van der Waals surface area contributed by atoms with E-state index < -0.39 is 11.9 Å². The number of carbonyl (C=O) groups is 3. The summed E-state index contributed by atoms with van der Waals surface area (Å²) in [6.07, 6.45) is 7.54. The monoisotopic (exact) mass is 677 g/mol. The van der Waals surface area contributed by atoms with Crippen LogP contribution in [-0.4, -0.2) is 48.8 Å². The number of imidazole rings is 1. The number of amides is 3. The Balaban J connectivity index is 0.00000177. The minimum Gasteiger partial charge on any atom is -0.388 e. The highest BCUT2D eigenvalue weighted by atomic mass is 35.5. The zero-order chi connectivity index (χ0) is 32.9. The standard InChI is InChI=1S/C27H28Cl3N9O3.C2H6O/c28-16-7-8-22(39(32)13-34-31)15(10-16)6-9-24(42)35-19-4-2-1-3-5-23(41)36-20-12-21(33-14-40)18(29)11-17(20)25-26(30)38-27(19)37-25;1-3-2/h6-14,19H,1-5,31-32H2,(H,33,40)(H,35,42)(H,36,41)(H,37,38);1-2H3/b9-6+,34-13-;/t19-;/m0./s1. The largest absolute Gasteiger partial charge is 0.388 e. The van der Waals surface area contributed by atoms with E-state index in [4.69, 9.17) is 46.5 Å². The number of hydrogen-bond donors (Lipinski definition) is 6. The first-order chi connectivity index (χ1) is 21.6. The van der Waals surface area contributed by atoms with Crippen molar-refractivity contribution in [1.82, 2.24) is 15.3 Å². The molecule has 1 aromatic heterocycles. The molecule has 1 aliphatic heterocycles. The average Bonchev–Trinajstić information content (AvgIpc) is 3.38. The maximum absolute atomic E-state index is 13.1. The van der Waals surface area contributed by atoms with Gasteiger partial charge in [0.15, 0.2) is 0 Å². The van der Waals surface area contributed by atoms with Crippen LogP contribution in [0.2, 0.25) is 15.2 Å². The Hall–Kier alpha value is -4.14. The van der Waals surface area contributed by atoms with Crippen molar-refractivity contribution in [2.24, 2.45) is 16.8 Å². The maximum atomic E-state index is 13.1. The average molecular weight is 679 g/mol. The number of hydrazone groups is 1. The van der Waals surface area contributed by atoms with Gasteiger partial charge in [-0.25, -0.2) is 10.8 Å². The Morgan fingerprint density at radius 1 is 1.18 bits per heavy atom. The van der Waals surface area contributed by atoms with Gasteiger partial charge in [-0.3, -0.25) is 19.4 Å². The first-order valence-corrected chi connectivity index (χ1v) is 14.8. The number of hydrazine groups is 1. The van der Waals surface area contributed by atoms with Gasteiger partial charge < -0.3 is 31.5 Å². The number of H-pyrrole nitrogens is 1. The Kier molecular flexibility index (Phi) is 13.6. The molecule has 16 heteroatoms. The minimum absolute atomic E-state index is 0.188. The first-order valence-electron chi connectivity index (χ1n) is 13.7. The highest BCUT2D eigenvalue weighted by molar-refractivity contribution is 6.35. The molecule has 0 aliphatic carbocycles. The van der Waals surface area contributed by atoms with Crippen molar-refractivity contribution in [2.75, 3.05) is 29.9 Å². The van der Waals surface area contributed by atoms with Gasteiger partial charge in [-0.2, -0.15) is 5.10 Å². The van der Waals surface area contributed by atoms with E-state index in [1.54, 1.807) is 50.6 Å². The molecule has 13 nitrogen and oxygen atoms in total. The van der Waals surface area contributed by atoms with Gasteiger partial charge in [0, 0.05) is 42.9 Å². The van der Waals surface area contributed by atoms with E-state index in [-0.39, 0.29) is 22.5 Å². The van der Waals surface area contributed by atoms with Crippen molar-refractivity contribution in [3.63, 3.8) is 0 Å². The summed E-state index contributed by atoms with van der Waals surface area (Å²) in [7, 11) is 3.25. The van der Waals surface area contributed by atoms with Crippen molar-refractivity contribution in [2.45, 2.75) is 38.1 Å². The molecular weight excluding hydrogens is 645 g/mol. The number of benzene rings is 2. The summed E-state index contributed by atoms with van der Waals surface area (Å²) in [4.78, 5) is 44.6. The number of aromatic amines is 1. The molecule has 1 atom stereocenters. The summed E-state index contributed by atoms with van der Waals surface area (Å²) >= 11 is 19.1. The lowest BCUT2D eigenvalue weighted by molar-refractivity contribution is -0.117. The van der Waals surface area contributed by atoms with Crippen LogP contribution >= 0.6 is 34.8 Å². The highest BCUT2D eigenvalue weighted by Crippen LogP contribution is 2.39. The van der Waals surface area contributed by atoms with Crippen LogP contribution in [0.25, 0.3) is 17.3 Å². The van der Waals surface area contributed by atoms with E-state index in [1.807, 2.05) is 0 Å². The lowest BCUT2D eigenvalue weighted by atomic mass is 10.1. The van der Waals surface area contributed by atoms with Crippen LogP contribution in [0.15, 0.2) is 41.5 Å². The number of nitrogens with zero attached hydrogens (tertiary/aromatic N) is 3. The van der Waals surface area contributed by atoms with Gasteiger partial charge in [-0.05, 0) is 49.2 Å². The highest BCUT2D eigenvalue weighted by Gasteiger charge is 2.23. The number of aromatic nitrogens is 2. The van der Waals surface area contributed by atoms with Crippen LogP contribution in [0, 0.1) is 0 Å². The molecule has 240 valence electrons. The summed E-state index contributed by atoms with van der Waals surface area (Å²) in [6, 6.07) is 7.55. The van der Waals surface area contributed by atoms with Gasteiger partial charge >= 0.3 is 0 Å². The predicted molar refractivity (Wildman–Crippen MR) is 179 cm³/mol. The van der Waals surface area contributed by atoms with Crippen molar-refractivity contribution in [3.05, 3.63) is 63.0 Å². The Morgan fingerprint density at radius 2 is 1.93 bits per heavy atom. The molecule has 2 aromatic carbocycles. The molecule has 2 bridgehead atoms.